The van der Waals surface area contributed by atoms with E-state index in [2.05, 4.69) is 21.2 Å². The zero-order chi connectivity index (χ0) is 24.3. The van der Waals surface area contributed by atoms with E-state index < -0.39 is 15.9 Å². The Balaban J connectivity index is 1.50. The van der Waals surface area contributed by atoms with Crippen LogP contribution in [-0.4, -0.2) is 42.8 Å². The SMILES string of the molecule is CN(C)S(=O)(=O)c1cccc(NC(=S)NNC(=O)c2cc(-c3ccco3)nc3ccccc23)c1. The van der Waals surface area contributed by atoms with Gasteiger partial charge in [-0.05, 0) is 54.7 Å². The van der Waals surface area contributed by atoms with Gasteiger partial charge in [0, 0.05) is 25.2 Å². The number of amides is 1. The van der Waals surface area contributed by atoms with Gasteiger partial charge in [-0.1, -0.05) is 24.3 Å². The first-order valence-electron chi connectivity index (χ1n) is 10.1. The Kier molecular flexibility index (Phi) is 6.59. The van der Waals surface area contributed by atoms with E-state index >= 15 is 0 Å². The molecule has 0 aliphatic heterocycles. The van der Waals surface area contributed by atoms with Crippen molar-refractivity contribution in [2.24, 2.45) is 0 Å². The Bertz CT molecular complexity index is 1470. The van der Waals surface area contributed by atoms with Gasteiger partial charge in [0.05, 0.1) is 22.2 Å². The number of carbonyl (C=O) groups excluding carboxylic acids is 1. The van der Waals surface area contributed by atoms with Gasteiger partial charge < -0.3 is 9.73 Å². The molecule has 174 valence electrons. The molecule has 0 saturated carbocycles. The fraction of sp³-hybridized carbons (Fsp3) is 0.0870. The fourth-order valence-corrected chi connectivity index (χ4v) is 4.32. The number of sulfonamides is 1. The maximum Gasteiger partial charge on any atom is 0.270 e. The smallest absolute Gasteiger partial charge is 0.270 e. The molecule has 4 aromatic rings. The summed E-state index contributed by atoms with van der Waals surface area (Å²) in [5, 5.41) is 3.61. The van der Waals surface area contributed by atoms with Crippen LogP contribution in [0, 0.1) is 0 Å². The van der Waals surface area contributed by atoms with Crippen LogP contribution in [0.3, 0.4) is 0 Å². The van der Waals surface area contributed by atoms with Gasteiger partial charge in [0.1, 0.15) is 5.69 Å². The third-order valence-corrected chi connectivity index (χ3v) is 6.91. The summed E-state index contributed by atoms with van der Waals surface area (Å²) < 4.78 is 31.2. The van der Waals surface area contributed by atoms with Gasteiger partial charge >= 0.3 is 0 Å². The minimum Gasteiger partial charge on any atom is -0.463 e. The number of fused-ring (bicyclic) bond motifs is 1. The molecule has 34 heavy (non-hydrogen) atoms. The zero-order valence-corrected chi connectivity index (χ0v) is 19.9. The Morgan fingerprint density at radius 2 is 1.79 bits per heavy atom. The van der Waals surface area contributed by atoms with Crippen molar-refractivity contribution in [3.63, 3.8) is 0 Å². The highest BCUT2D eigenvalue weighted by molar-refractivity contribution is 7.89. The van der Waals surface area contributed by atoms with Gasteiger partial charge in [-0.3, -0.25) is 15.6 Å². The number of anilines is 1. The van der Waals surface area contributed by atoms with E-state index in [4.69, 9.17) is 16.6 Å². The van der Waals surface area contributed by atoms with E-state index in [0.29, 0.717) is 33.6 Å². The summed E-state index contributed by atoms with van der Waals surface area (Å²) in [5.41, 5.74) is 7.21. The summed E-state index contributed by atoms with van der Waals surface area (Å²) in [5.74, 6) is 0.108. The zero-order valence-electron chi connectivity index (χ0n) is 18.3. The summed E-state index contributed by atoms with van der Waals surface area (Å²) in [7, 11) is -0.683. The van der Waals surface area contributed by atoms with Gasteiger partial charge in [0.15, 0.2) is 10.9 Å². The number of para-hydroxylation sites is 1. The molecule has 1 amide bonds. The summed E-state index contributed by atoms with van der Waals surface area (Å²) in [6.45, 7) is 0. The molecule has 0 bridgehead atoms. The lowest BCUT2D eigenvalue weighted by atomic mass is 10.1. The lowest BCUT2D eigenvalue weighted by Gasteiger charge is -2.15. The molecular formula is C23H21N5O4S2. The highest BCUT2D eigenvalue weighted by atomic mass is 32.2. The summed E-state index contributed by atoms with van der Waals surface area (Å²) >= 11 is 5.26. The molecule has 2 aromatic carbocycles. The van der Waals surface area contributed by atoms with Crippen molar-refractivity contribution < 1.29 is 17.6 Å². The number of hydrogen-bond acceptors (Lipinski definition) is 6. The van der Waals surface area contributed by atoms with Crippen LogP contribution in [0.2, 0.25) is 0 Å². The third kappa shape index (κ3) is 4.91. The number of nitrogens with one attached hydrogen (secondary N) is 3. The summed E-state index contributed by atoms with van der Waals surface area (Å²) in [6.07, 6.45) is 1.54. The number of nitrogens with zero attached hydrogens (tertiary/aromatic N) is 2. The Morgan fingerprint density at radius 1 is 1.00 bits per heavy atom. The van der Waals surface area contributed by atoms with Crippen molar-refractivity contribution in [2.75, 3.05) is 19.4 Å². The van der Waals surface area contributed by atoms with Gasteiger partial charge in [0.2, 0.25) is 10.0 Å². The number of hydrogen-bond donors (Lipinski definition) is 3. The predicted octanol–water partition coefficient (Wildman–Crippen LogP) is 3.38. The number of hydrazine groups is 1. The number of aromatic nitrogens is 1. The number of rotatable bonds is 5. The highest BCUT2D eigenvalue weighted by Gasteiger charge is 2.18. The topological polar surface area (TPSA) is 117 Å². The van der Waals surface area contributed by atoms with E-state index in [1.54, 1.807) is 36.4 Å². The monoisotopic (exact) mass is 495 g/mol. The number of thiocarbonyl (C=S) groups is 1. The standard InChI is InChI=1S/C23H21N5O4S2/c1-28(2)34(30,31)16-8-5-7-15(13-16)24-23(33)27-26-22(29)18-14-20(21-11-6-12-32-21)25-19-10-4-3-9-17(18)19/h3-14H,1-2H3,(H,26,29)(H2,24,27,33). The van der Waals surface area contributed by atoms with Crippen LogP contribution in [0.4, 0.5) is 5.69 Å². The van der Waals surface area contributed by atoms with Gasteiger partial charge in [-0.25, -0.2) is 17.7 Å². The molecule has 2 aromatic heterocycles. The van der Waals surface area contributed by atoms with Crippen LogP contribution in [0.1, 0.15) is 10.4 Å². The second kappa shape index (κ2) is 9.59. The number of carbonyl (C=O) groups is 1. The van der Waals surface area contributed by atoms with Crippen LogP contribution in [0.5, 0.6) is 0 Å². The van der Waals surface area contributed by atoms with Crippen LogP contribution < -0.4 is 16.2 Å². The second-order valence-electron chi connectivity index (χ2n) is 7.40. The van der Waals surface area contributed by atoms with Crippen LogP contribution in [-0.2, 0) is 10.0 Å². The molecule has 11 heteroatoms. The van der Waals surface area contributed by atoms with Gasteiger partial charge in [0.25, 0.3) is 5.91 Å². The van der Waals surface area contributed by atoms with Crippen molar-refractivity contribution in [3.05, 3.63) is 78.6 Å². The molecule has 0 radical (unpaired) electrons. The average molecular weight is 496 g/mol. The quantitative estimate of drug-likeness (QED) is 0.285. The molecule has 9 nitrogen and oxygen atoms in total. The van der Waals surface area contributed by atoms with E-state index in [9.17, 15) is 13.2 Å². The first-order chi connectivity index (χ1) is 16.3. The number of benzene rings is 2. The molecule has 3 N–H and O–H groups in total. The van der Waals surface area contributed by atoms with E-state index in [-0.39, 0.29) is 10.0 Å². The first kappa shape index (κ1) is 23.4. The lowest BCUT2D eigenvalue weighted by Crippen LogP contribution is -2.43. The molecule has 0 atom stereocenters. The third-order valence-electron chi connectivity index (χ3n) is 4.89. The molecule has 0 saturated heterocycles. The Hall–Kier alpha value is -3.80. The van der Waals surface area contributed by atoms with Crippen molar-refractivity contribution in [2.45, 2.75) is 4.90 Å². The van der Waals surface area contributed by atoms with E-state index in [1.165, 1.54) is 32.5 Å². The van der Waals surface area contributed by atoms with Crippen molar-refractivity contribution in [1.82, 2.24) is 20.1 Å². The Morgan fingerprint density at radius 3 is 2.53 bits per heavy atom. The highest BCUT2D eigenvalue weighted by Crippen LogP contribution is 2.25. The van der Waals surface area contributed by atoms with Crippen LogP contribution in [0.15, 0.2) is 82.3 Å². The van der Waals surface area contributed by atoms with Crippen molar-refractivity contribution in [3.8, 4) is 11.5 Å². The summed E-state index contributed by atoms with van der Waals surface area (Å²) in [4.78, 5) is 17.7. The van der Waals surface area contributed by atoms with Crippen LogP contribution in [0.25, 0.3) is 22.4 Å². The molecule has 0 fully saturated rings. The van der Waals surface area contributed by atoms with Gasteiger partial charge in [-0.2, -0.15) is 0 Å². The van der Waals surface area contributed by atoms with E-state index in [1.807, 2.05) is 18.2 Å². The maximum atomic E-state index is 13.0. The second-order valence-corrected chi connectivity index (χ2v) is 9.96. The molecule has 0 spiro atoms. The molecule has 0 aliphatic rings. The summed E-state index contributed by atoms with van der Waals surface area (Å²) in [6, 6.07) is 18.6. The first-order valence-corrected chi connectivity index (χ1v) is 11.9. The number of furan rings is 1. The number of pyridine rings is 1. The molecular weight excluding hydrogens is 474 g/mol. The minimum atomic E-state index is -3.59. The predicted molar refractivity (Wildman–Crippen MR) is 134 cm³/mol. The molecule has 0 unspecified atom stereocenters. The van der Waals surface area contributed by atoms with E-state index in [0.717, 1.165) is 4.31 Å². The largest absolute Gasteiger partial charge is 0.463 e. The Labute approximate surface area is 201 Å². The molecule has 4 rings (SSSR count). The average Bonchev–Trinajstić information content (AvgIpc) is 3.37. The van der Waals surface area contributed by atoms with Crippen molar-refractivity contribution in [1.29, 1.82) is 0 Å². The normalized spacial score (nSPS) is 11.4. The van der Waals surface area contributed by atoms with Crippen LogP contribution >= 0.6 is 12.2 Å². The maximum absolute atomic E-state index is 13.0. The van der Waals surface area contributed by atoms with Gasteiger partial charge in [-0.15, -0.1) is 0 Å². The fourth-order valence-electron chi connectivity index (χ4n) is 3.20. The van der Waals surface area contributed by atoms with Crippen molar-refractivity contribution >= 4 is 49.9 Å². The molecule has 2 heterocycles. The molecule has 0 aliphatic carbocycles. The minimum absolute atomic E-state index is 0.0809. The lowest BCUT2D eigenvalue weighted by molar-refractivity contribution is 0.0946.